The van der Waals surface area contributed by atoms with E-state index in [1.165, 1.54) is 5.56 Å². The summed E-state index contributed by atoms with van der Waals surface area (Å²) in [7, 11) is 0. The molecular formula is C17H19NO2. The summed E-state index contributed by atoms with van der Waals surface area (Å²) in [5, 5.41) is 12.5. The van der Waals surface area contributed by atoms with Crippen LogP contribution < -0.4 is 5.32 Å². The van der Waals surface area contributed by atoms with E-state index < -0.39 is 12.0 Å². The van der Waals surface area contributed by atoms with E-state index >= 15 is 0 Å². The zero-order chi connectivity index (χ0) is 14.5. The Kier molecular flexibility index (Phi) is 4.41. The molecule has 0 aliphatic carbocycles. The molecule has 0 aromatic heterocycles. The van der Waals surface area contributed by atoms with Crippen LogP contribution in [0.15, 0.2) is 48.5 Å². The minimum atomic E-state index is -0.880. The number of rotatable bonds is 5. The van der Waals surface area contributed by atoms with Gasteiger partial charge in [0, 0.05) is 5.69 Å². The van der Waals surface area contributed by atoms with Crippen LogP contribution in [0.25, 0.3) is 0 Å². The van der Waals surface area contributed by atoms with Crippen LogP contribution in [0.5, 0.6) is 0 Å². The van der Waals surface area contributed by atoms with Crippen molar-refractivity contribution in [2.75, 3.05) is 5.32 Å². The minimum Gasteiger partial charge on any atom is -0.479 e. The second kappa shape index (κ2) is 6.24. The maximum atomic E-state index is 11.5. The zero-order valence-electron chi connectivity index (χ0n) is 11.8. The van der Waals surface area contributed by atoms with Gasteiger partial charge in [-0.05, 0) is 36.6 Å². The van der Waals surface area contributed by atoms with E-state index in [1.807, 2.05) is 55.5 Å². The summed E-state index contributed by atoms with van der Waals surface area (Å²) in [4.78, 5) is 11.5. The second-order valence-corrected chi connectivity index (χ2v) is 4.88. The van der Waals surface area contributed by atoms with Crippen LogP contribution >= 0.6 is 0 Å². The Labute approximate surface area is 119 Å². The zero-order valence-corrected chi connectivity index (χ0v) is 11.8. The van der Waals surface area contributed by atoms with Crippen molar-refractivity contribution in [3.05, 3.63) is 65.2 Å². The van der Waals surface area contributed by atoms with Gasteiger partial charge in [-0.25, -0.2) is 4.79 Å². The van der Waals surface area contributed by atoms with Crippen molar-refractivity contribution in [2.45, 2.75) is 26.3 Å². The monoisotopic (exact) mass is 269 g/mol. The lowest BCUT2D eigenvalue weighted by atomic mass is 10.0. The van der Waals surface area contributed by atoms with Crippen LogP contribution in [-0.2, 0) is 11.2 Å². The summed E-state index contributed by atoms with van der Waals surface area (Å²) in [6, 6.07) is 14.7. The number of aliphatic carboxylic acids is 1. The van der Waals surface area contributed by atoms with Crippen molar-refractivity contribution in [2.24, 2.45) is 0 Å². The van der Waals surface area contributed by atoms with Crippen LogP contribution in [0.2, 0.25) is 0 Å². The molecule has 2 aromatic carbocycles. The van der Waals surface area contributed by atoms with Crippen LogP contribution in [0, 0.1) is 6.92 Å². The average Bonchev–Trinajstić information content (AvgIpc) is 2.46. The SMILES string of the molecule is CCc1ccc(C(Nc2ccc(C)cc2)C(=O)O)cc1. The molecule has 104 valence electrons. The second-order valence-electron chi connectivity index (χ2n) is 4.88. The Balaban J connectivity index is 2.22. The van der Waals surface area contributed by atoms with E-state index in [-0.39, 0.29) is 0 Å². The highest BCUT2D eigenvalue weighted by Crippen LogP contribution is 2.21. The first-order valence-electron chi connectivity index (χ1n) is 6.75. The number of hydrogen-bond donors (Lipinski definition) is 2. The number of benzene rings is 2. The first-order chi connectivity index (χ1) is 9.60. The number of aryl methyl sites for hydroxylation is 2. The maximum Gasteiger partial charge on any atom is 0.330 e. The van der Waals surface area contributed by atoms with E-state index in [9.17, 15) is 9.90 Å². The molecule has 2 N–H and O–H groups in total. The molecular weight excluding hydrogens is 250 g/mol. The van der Waals surface area contributed by atoms with Gasteiger partial charge in [0.1, 0.15) is 0 Å². The van der Waals surface area contributed by atoms with Gasteiger partial charge in [-0.15, -0.1) is 0 Å². The first kappa shape index (κ1) is 14.1. The quantitative estimate of drug-likeness (QED) is 0.868. The molecule has 1 atom stereocenters. The first-order valence-corrected chi connectivity index (χ1v) is 6.75. The summed E-state index contributed by atoms with van der Waals surface area (Å²) in [5.74, 6) is -0.880. The molecule has 20 heavy (non-hydrogen) atoms. The predicted molar refractivity (Wildman–Crippen MR) is 81.0 cm³/mol. The van der Waals surface area contributed by atoms with E-state index in [0.29, 0.717) is 0 Å². The van der Waals surface area contributed by atoms with E-state index in [0.717, 1.165) is 23.2 Å². The number of hydrogen-bond acceptors (Lipinski definition) is 2. The molecule has 1 unspecified atom stereocenters. The third-order valence-corrected chi connectivity index (χ3v) is 3.33. The van der Waals surface area contributed by atoms with Crippen LogP contribution in [0.3, 0.4) is 0 Å². The lowest BCUT2D eigenvalue weighted by Crippen LogP contribution is -2.20. The molecule has 0 aliphatic rings. The molecule has 0 aliphatic heterocycles. The van der Waals surface area contributed by atoms with Gasteiger partial charge < -0.3 is 10.4 Å². The van der Waals surface area contributed by atoms with E-state index in [2.05, 4.69) is 12.2 Å². The summed E-state index contributed by atoms with van der Waals surface area (Å²) in [5.41, 5.74) is 3.92. The third-order valence-electron chi connectivity index (χ3n) is 3.33. The van der Waals surface area contributed by atoms with Crippen molar-refractivity contribution in [3.63, 3.8) is 0 Å². The number of nitrogens with one attached hydrogen (secondary N) is 1. The molecule has 0 saturated carbocycles. The fourth-order valence-corrected chi connectivity index (χ4v) is 2.05. The van der Waals surface area contributed by atoms with Gasteiger partial charge in [0.15, 0.2) is 6.04 Å². The summed E-state index contributed by atoms with van der Waals surface area (Å²) in [6.45, 7) is 4.08. The average molecular weight is 269 g/mol. The molecule has 0 amide bonds. The molecule has 0 spiro atoms. The largest absolute Gasteiger partial charge is 0.479 e. The van der Waals surface area contributed by atoms with Gasteiger partial charge in [-0.3, -0.25) is 0 Å². The van der Waals surface area contributed by atoms with Gasteiger partial charge >= 0.3 is 5.97 Å². The van der Waals surface area contributed by atoms with Crippen LogP contribution in [-0.4, -0.2) is 11.1 Å². The Morgan fingerprint density at radius 3 is 2.20 bits per heavy atom. The molecule has 2 rings (SSSR count). The predicted octanol–water partition coefficient (Wildman–Crippen LogP) is 3.80. The highest BCUT2D eigenvalue weighted by molar-refractivity contribution is 5.79. The van der Waals surface area contributed by atoms with E-state index in [4.69, 9.17) is 0 Å². The number of carbonyl (C=O) groups is 1. The fraction of sp³-hybridized carbons (Fsp3) is 0.235. The highest BCUT2D eigenvalue weighted by Gasteiger charge is 2.19. The Hall–Kier alpha value is -2.29. The minimum absolute atomic E-state index is 0.733. The smallest absolute Gasteiger partial charge is 0.330 e. The molecule has 0 radical (unpaired) electrons. The van der Waals surface area contributed by atoms with Crippen molar-refractivity contribution in [1.82, 2.24) is 0 Å². The molecule has 3 nitrogen and oxygen atoms in total. The Morgan fingerprint density at radius 1 is 1.10 bits per heavy atom. The number of carboxylic acids is 1. The number of carboxylic acid groups (broad SMARTS) is 1. The number of anilines is 1. The molecule has 0 saturated heterocycles. The summed E-state index contributed by atoms with van der Waals surface area (Å²) in [6.07, 6.45) is 0.948. The van der Waals surface area contributed by atoms with Crippen molar-refractivity contribution >= 4 is 11.7 Å². The van der Waals surface area contributed by atoms with Crippen LogP contribution in [0.4, 0.5) is 5.69 Å². The van der Waals surface area contributed by atoms with Gasteiger partial charge in [-0.2, -0.15) is 0 Å². The Bertz CT molecular complexity index is 573. The lowest BCUT2D eigenvalue weighted by Gasteiger charge is -2.16. The summed E-state index contributed by atoms with van der Waals surface area (Å²) < 4.78 is 0. The van der Waals surface area contributed by atoms with Gasteiger partial charge in [-0.1, -0.05) is 48.9 Å². The fourth-order valence-electron chi connectivity index (χ4n) is 2.05. The van der Waals surface area contributed by atoms with E-state index in [1.54, 1.807) is 0 Å². The van der Waals surface area contributed by atoms with Gasteiger partial charge in [0.2, 0.25) is 0 Å². The topological polar surface area (TPSA) is 49.3 Å². The standard InChI is InChI=1S/C17H19NO2/c1-3-13-6-8-14(9-7-13)16(17(19)20)18-15-10-4-12(2)5-11-15/h4-11,16,18H,3H2,1-2H3,(H,19,20). The van der Waals surface area contributed by atoms with Gasteiger partial charge in [0.05, 0.1) is 0 Å². The molecule has 0 heterocycles. The molecule has 0 bridgehead atoms. The highest BCUT2D eigenvalue weighted by atomic mass is 16.4. The Morgan fingerprint density at radius 2 is 1.70 bits per heavy atom. The summed E-state index contributed by atoms with van der Waals surface area (Å²) >= 11 is 0. The van der Waals surface area contributed by atoms with Crippen LogP contribution in [0.1, 0.15) is 29.7 Å². The maximum absolute atomic E-state index is 11.5. The molecule has 3 heteroatoms. The van der Waals surface area contributed by atoms with Gasteiger partial charge in [0.25, 0.3) is 0 Å². The third kappa shape index (κ3) is 3.38. The van der Waals surface area contributed by atoms with Crippen molar-refractivity contribution in [1.29, 1.82) is 0 Å². The molecule has 0 fully saturated rings. The van der Waals surface area contributed by atoms with Crippen molar-refractivity contribution in [3.8, 4) is 0 Å². The normalized spacial score (nSPS) is 11.9. The molecule has 2 aromatic rings. The lowest BCUT2D eigenvalue weighted by molar-refractivity contribution is -0.138. The van der Waals surface area contributed by atoms with Crippen molar-refractivity contribution < 1.29 is 9.90 Å².